The number of hydrogen-bond donors (Lipinski definition) is 1. The van der Waals surface area contributed by atoms with E-state index in [1.54, 1.807) is 6.08 Å². The molecule has 0 spiro atoms. The van der Waals surface area contributed by atoms with E-state index >= 15 is 0 Å². The number of carbonyl (C=O) groups excluding carboxylic acids is 1. The van der Waals surface area contributed by atoms with E-state index < -0.39 is 0 Å². The molecule has 0 saturated carbocycles. The fourth-order valence-corrected chi connectivity index (χ4v) is 3.23. The van der Waals surface area contributed by atoms with Crippen LogP contribution in [0.4, 0.5) is 0 Å². The van der Waals surface area contributed by atoms with Gasteiger partial charge in [-0.15, -0.1) is 0 Å². The average molecular weight is 368 g/mol. The standard InChI is InChI=1S/C20H20N2O3S/c1-13-6-7-17(14(2)10-13)25-9-8-24-16-5-3-4-15(11-16)12-18-19(23)22-20(21)26-18/h3-7,10-12H,8-9H2,1-2H3,(H2,21,22,23). The molecule has 3 rings (SSSR count). The quantitative estimate of drug-likeness (QED) is 0.622. The Kier molecular flexibility index (Phi) is 5.63. The number of aliphatic imine (C=N–C) groups is 1. The second-order valence-corrected chi connectivity index (χ2v) is 6.97. The van der Waals surface area contributed by atoms with Crippen LogP contribution in [0.15, 0.2) is 52.4 Å². The molecular formula is C20H20N2O3S. The zero-order chi connectivity index (χ0) is 18.5. The van der Waals surface area contributed by atoms with Crippen molar-refractivity contribution in [1.29, 1.82) is 0 Å². The van der Waals surface area contributed by atoms with E-state index in [-0.39, 0.29) is 11.1 Å². The third-order valence-electron chi connectivity index (χ3n) is 3.73. The van der Waals surface area contributed by atoms with Crippen molar-refractivity contribution in [3.63, 3.8) is 0 Å². The minimum atomic E-state index is -0.305. The lowest BCUT2D eigenvalue weighted by Crippen LogP contribution is -2.09. The number of hydrogen-bond acceptors (Lipinski definition) is 5. The predicted octanol–water partition coefficient (Wildman–Crippen LogP) is 3.69. The van der Waals surface area contributed by atoms with E-state index in [0.717, 1.165) is 16.9 Å². The predicted molar refractivity (Wildman–Crippen MR) is 106 cm³/mol. The van der Waals surface area contributed by atoms with Crippen LogP contribution in [0.25, 0.3) is 6.08 Å². The van der Waals surface area contributed by atoms with Gasteiger partial charge >= 0.3 is 0 Å². The number of aryl methyl sites for hydroxylation is 2. The topological polar surface area (TPSA) is 73.9 Å². The monoisotopic (exact) mass is 368 g/mol. The largest absolute Gasteiger partial charge is 0.490 e. The summed E-state index contributed by atoms with van der Waals surface area (Å²) in [5, 5.41) is 0.275. The van der Waals surface area contributed by atoms with Gasteiger partial charge in [0.2, 0.25) is 0 Å². The van der Waals surface area contributed by atoms with E-state index in [2.05, 4.69) is 18.0 Å². The van der Waals surface area contributed by atoms with E-state index in [4.69, 9.17) is 15.2 Å². The Labute approximate surface area is 156 Å². The van der Waals surface area contributed by atoms with E-state index in [9.17, 15) is 4.79 Å². The zero-order valence-corrected chi connectivity index (χ0v) is 15.5. The van der Waals surface area contributed by atoms with Crippen LogP contribution in [0.3, 0.4) is 0 Å². The molecule has 0 aromatic heterocycles. The Morgan fingerprint density at radius 2 is 1.92 bits per heavy atom. The Morgan fingerprint density at radius 1 is 1.12 bits per heavy atom. The Morgan fingerprint density at radius 3 is 2.65 bits per heavy atom. The lowest BCUT2D eigenvalue weighted by molar-refractivity contribution is -0.113. The molecule has 1 heterocycles. The van der Waals surface area contributed by atoms with Crippen LogP contribution < -0.4 is 15.2 Å². The summed E-state index contributed by atoms with van der Waals surface area (Å²) in [6.45, 7) is 4.96. The van der Waals surface area contributed by atoms with Gasteiger partial charge in [0.25, 0.3) is 5.91 Å². The molecule has 0 saturated heterocycles. The van der Waals surface area contributed by atoms with Crippen molar-refractivity contribution in [3.05, 3.63) is 64.1 Å². The Bertz CT molecular complexity index is 890. The van der Waals surface area contributed by atoms with Gasteiger partial charge in [-0.25, -0.2) is 0 Å². The van der Waals surface area contributed by atoms with Crippen LogP contribution in [0, 0.1) is 13.8 Å². The van der Waals surface area contributed by atoms with Gasteiger partial charge in [0.05, 0.1) is 4.91 Å². The molecule has 2 aromatic carbocycles. The van der Waals surface area contributed by atoms with Crippen molar-refractivity contribution < 1.29 is 14.3 Å². The fraction of sp³-hybridized carbons (Fsp3) is 0.200. The maximum absolute atomic E-state index is 11.7. The zero-order valence-electron chi connectivity index (χ0n) is 14.7. The lowest BCUT2D eigenvalue weighted by atomic mass is 10.1. The van der Waals surface area contributed by atoms with Crippen molar-refractivity contribution in [1.82, 2.24) is 0 Å². The highest BCUT2D eigenvalue weighted by atomic mass is 32.2. The Hall–Kier alpha value is -2.73. The van der Waals surface area contributed by atoms with E-state index in [1.165, 1.54) is 17.3 Å². The third kappa shape index (κ3) is 4.67. The highest BCUT2D eigenvalue weighted by Crippen LogP contribution is 2.27. The van der Waals surface area contributed by atoms with Crippen molar-refractivity contribution in [2.24, 2.45) is 10.7 Å². The number of ether oxygens (including phenoxy) is 2. The molecule has 2 N–H and O–H groups in total. The van der Waals surface area contributed by atoms with Gasteiger partial charge in [-0.1, -0.05) is 29.8 Å². The molecule has 0 unspecified atom stereocenters. The number of benzene rings is 2. The molecule has 134 valence electrons. The summed E-state index contributed by atoms with van der Waals surface area (Å²) in [5.74, 6) is 1.28. The van der Waals surface area contributed by atoms with Crippen LogP contribution in [0.5, 0.6) is 11.5 Å². The van der Waals surface area contributed by atoms with Gasteiger partial charge in [0.1, 0.15) is 24.7 Å². The van der Waals surface area contributed by atoms with Crippen LogP contribution in [-0.4, -0.2) is 24.3 Å². The van der Waals surface area contributed by atoms with Gasteiger partial charge in [-0.05, 0) is 61.0 Å². The number of carbonyl (C=O) groups is 1. The summed E-state index contributed by atoms with van der Waals surface area (Å²) in [6, 6.07) is 13.6. The summed E-state index contributed by atoms with van der Waals surface area (Å²) >= 11 is 1.17. The number of nitrogens with zero attached hydrogens (tertiary/aromatic N) is 1. The summed E-state index contributed by atoms with van der Waals surface area (Å²) in [5.41, 5.74) is 8.74. The summed E-state index contributed by atoms with van der Waals surface area (Å²) in [4.78, 5) is 15.9. The van der Waals surface area contributed by atoms with Crippen molar-refractivity contribution in [2.75, 3.05) is 13.2 Å². The molecule has 0 fully saturated rings. The molecule has 26 heavy (non-hydrogen) atoms. The van der Waals surface area contributed by atoms with Crippen molar-refractivity contribution in [2.45, 2.75) is 13.8 Å². The molecule has 6 heteroatoms. The number of thioether (sulfide) groups is 1. The first-order valence-corrected chi connectivity index (χ1v) is 9.04. The third-order valence-corrected chi connectivity index (χ3v) is 4.55. The molecule has 5 nitrogen and oxygen atoms in total. The van der Waals surface area contributed by atoms with Crippen LogP contribution >= 0.6 is 11.8 Å². The highest BCUT2D eigenvalue weighted by Gasteiger charge is 2.19. The average Bonchev–Trinajstić information content (AvgIpc) is 2.91. The number of amides is 1. The Balaban J connectivity index is 1.54. The molecule has 1 aliphatic heterocycles. The van der Waals surface area contributed by atoms with Gasteiger partial charge in [-0.3, -0.25) is 4.79 Å². The minimum absolute atomic E-state index is 0.275. The van der Waals surface area contributed by atoms with E-state index in [0.29, 0.717) is 23.9 Å². The first-order chi connectivity index (χ1) is 12.5. The molecule has 0 aliphatic carbocycles. The number of nitrogens with two attached hydrogens (primary N) is 1. The van der Waals surface area contributed by atoms with Crippen LogP contribution in [-0.2, 0) is 4.79 Å². The van der Waals surface area contributed by atoms with Gasteiger partial charge in [0.15, 0.2) is 5.17 Å². The molecule has 2 aromatic rings. The van der Waals surface area contributed by atoms with Crippen molar-refractivity contribution >= 4 is 28.9 Å². The fourth-order valence-electron chi connectivity index (χ4n) is 2.54. The SMILES string of the molecule is Cc1ccc(OCCOc2cccc(C=C3SC(N)=NC3=O)c2)c(C)c1. The smallest absolute Gasteiger partial charge is 0.286 e. The highest BCUT2D eigenvalue weighted by molar-refractivity contribution is 8.18. The normalized spacial score (nSPS) is 15.2. The van der Waals surface area contributed by atoms with Crippen molar-refractivity contribution in [3.8, 4) is 11.5 Å². The summed E-state index contributed by atoms with van der Waals surface area (Å²) in [7, 11) is 0. The first kappa shape index (κ1) is 18.1. The maximum Gasteiger partial charge on any atom is 0.286 e. The van der Waals surface area contributed by atoms with E-state index in [1.807, 2.05) is 43.3 Å². The minimum Gasteiger partial charge on any atom is -0.490 e. The molecule has 1 amide bonds. The second kappa shape index (κ2) is 8.10. The maximum atomic E-state index is 11.7. The summed E-state index contributed by atoms with van der Waals surface area (Å²) in [6.07, 6.45) is 1.76. The molecule has 0 radical (unpaired) electrons. The molecular weight excluding hydrogens is 348 g/mol. The van der Waals surface area contributed by atoms with Crippen LogP contribution in [0.1, 0.15) is 16.7 Å². The second-order valence-electron chi connectivity index (χ2n) is 5.90. The first-order valence-electron chi connectivity index (χ1n) is 8.22. The van der Waals surface area contributed by atoms with Gasteiger partial charge < -0.3 is 15.2 Å². The number of rotatable bonds is 6. The molecule has 0 bridgehead atoms. The summed E-state index contributed by atoms with van der Waals surface area (Å²) < 4.78 is 11.5. The van der Waals surface area contributed by atoms with Gasteiger partial charge in [-0.2, -0.15) is 4.99 Å². The van der Waals surface area contributed by atoms with Crippen LogP contribution in [0.2, 0.25) is 0 Å². The molecule has 1 aliphatic rings. The molecule has 0 atom stereocenters. The number of amidine groups is 1. The van der Waals surface area contributed by atoms with Gasteiger partial charge in [0, 0.05) is 0 Å². The lowest BCUT2D eigenvalue weighted by Gasteiger charge is -2.11.